The summed E-state index contributed by atoms with van der Waals surface area (Å²) in [5, 5.41) is 10.4. The molecule has 0 fully saturated rings. The number of rotatable bonds is 1. The Morgan fingerprint density at radius 1 is 0.933 bits per heavy atom. The summed E-state index contributed by atoms with van der Waals surface area (Å²) in [6.45, 7) is 0. The molecule has 2 heterocycles. The molecule has 0 radical (unpaired) electrons. The summed E-state index contributed by atoms with van der Waals surface area (Å²) in [4.78, 5) is 0. The van der Waals surface area contributed by atoms with Crippen LogP contribution in [0.4, 0.5) is 0 Å². The van der Waals surface area contributed by atoms with E-state index in [1.165, 1.54) is 0 Å². The van der Waals surface area contributed by atoms with Crippen LogP contribution in [0.5, 0.6) is 0 Å². The highest BCUT2D eigenvalue weighted by Gasteiger charge is 2.02. The lowest BCUT2D eigenvalue weighted by atomic mass is 10.2. The van der Waals surface area contributed by atoms with Crippen molar-refractivity contribution in [3.8, 4) is 5.82 Å². The monoisotopic (exact) mass is 195 g/mol. The minimum atomic E-state index is 0.873. The lowest BCUT2D eigenvalue weighted by molar-refractivity contribution is 0.937. The summed E-state index contributed by atoms with van der Waals surface area (Å²) >= 11 is 0. The van der Waals surface area contributed by atoms with Gasteiger partial charge in [-0.15, -0.1) is 5.10 Å². The molecule has 2 aromatic heterocycles. The van der Waals surface area contributed by atoms with Crippen molar-refractivity contribution in [2.75, 3.05) is 0 Å². The van der Waals surface area contributed by atoms with Crippen LogP contribution in [0.15, 0.2) is 55.0 Å². The van der Waals surface area contributed by atoms with Crippen LogP contribution in [0.2, 0.25) is 0 Å². The predicted octanol–water partition coefficient (Wildman–Crippen LogP) is 2.42. The maximum absolute atomic E-state index is 4.16. The highest BCUT2D eigenvalue weighted by Crippen LogP contribution is 2.18. The SMILES string of the molecule is c1ccc2c(-n3cccc3)nncc2c1. The summed E-state index contributed by atoms with van der Waals surface area (Å²) in [6, 6.07) is 12.1. The third kappa shape index (κ3) is 1.29. The number of nitrogens with zero attached hydrogens (tertiary/aromatic N) is 3. The Labute approximate surface area is 87.0 Å². The minimum absolute atomic E-state index is 0.873. The van der Waals surface area contributed by atoms with Crippen LogP contribution in [0.25, 0.3) is 16.6 Å². The first-order valence-electron chi connectivity index (χ1n) is 4.79. The second kappa shape index (κ2) is 3.20. The molecule has 0 N–H and O–H groups in total. The molecule has 0 aliphatic carbocycles. The maximum Gasteiger partial charge on any atom is 0.167 e. The van der Waals surface area contributed by atoms with Gasteiger partial charge in [-0.1, -0.05) is 24.3 Å². The summed E-state index contributed by atoms with van der Waals surface area (Å²) < 4.78 is 1.97. The summed E-state index contributed by atoms with van der Waals surface area (Å²) in [5.74, 6) is 0.873. The first kappa shape index (κ1) is 8.17. The normalized spacial score (nSPS) is 10.7. The van der Waals surface area contributed by atoms with E-state index in [9.17, 15) is 0 Å². The fourth-order valence-corrected chi connectivity index (χ4v) is 1.68. The molecular weight excluding hydrogens is 186 g/mol. The maximum atomic E-state index is 4.16. The van der Waals surface area contributed by atoms with E-state index in [1.54, 1.807) is 6.20 Å². The van der Waals surface area contributed by atoms with Crippen LogP contribution in [0, 0.1) is 0 Å². The van der Waals surface area contributed by atoms with E-state index >= 15 is 0 Å². The fraction of sp³-hybridized carbons (Fsp3) is 0. The van der Waals surface area contributed by atoms with E-state index < -0.39 is 0 Å². The molecule has 3 heteroatoms. The molecule has 0 aliphatic rings. The molecule has 0 spiro atoms. The van der Waals surface area contributed by atoms with E-state index in [1.807, 2.05) is 47.3 Å². The smallest absolute Gasteiger partial charge is 0.167 e. The molecule has 1 aromatic carbocycles. The molecule has 3 nitrogen and oxygen atoms in total. The molecule has 0 bridgehead atoms. The first-order chi connectivity index (χ1) is 7.45. The van der Waals surface area contributed by atoms with E-state index in [-0.39, 0.29) is 0 Å². The molecule has 0 atom stereocenters. The quantitative estimate of drug-likeness (QED) is 0.597. The van der Waals surface area contributed by atoms with Crippen LogP contribution in [0.3, 0.4) is 0 Å². The summed E-state index contributed by atoms with van der Waals surface area (Å²) in [5.41, 5.74) is 0. The lowest BCUT2D eigenvalue weighted by Gasteiger charge is -2.04. The molecule has 3 rings (SSSR count). The first-order valence-corrected chi connectivity index (χ1v) is 4.79. The van der Waals surface area contributed by atoms with E-state index in [0.717, 1.165) is 16.6 Å². The van der Waals surface area contributed by atoms with Gasteiger partial charge in [-0.25, -0.2) is 0 Å². The van der Waals surface area contributed by atoms with Crippen LogP contribution < -0.4 is 0 Å². The summed E-state index contributed by atoms with van der Waals surface area (Å²) in [6.07, 6.45) is 5.72. The van der Waals surface area contributed by atoms with E-state index in [2.05, 4.69) is 16.3 Å². The van der Waals surface area contributed by atoms with Gasteiger partial charge < -0.3 is 4.57 Å². The van der Waals surface area contributed by atoms with E-state index in [4.69, 9.17) is 0 Å². The summed E-state index contributed by atoms with van der Waals surface area (Å²) in [7, 11) is 0. The fourth-order valence-electron chi connectivity index (χ4n) is 1.68. The predicted molar refractivity (Wildman–Crippen MR) is 58.9 cm³/mol. The zero-order chi connectivity index (χ0) is 10.1. The molecule has 0 saturated heterocycles. The van der Waals surface area contributed by atoms with Crippen molar-refractivity contribution in [3.63, 3.8) is 0 Å². The molecule has 3 aromatic rings. The molecule has 0 unspecified atom stereocenters. The molecule has 0 saturated carbocycles. The highest BCUT2D eigenvalue weighted by atomic mass is 15.2. The van der Waals surface area contributed by atoms with Crippen LogP contribution in [-0.2, 0) is 0 Å². The topological polar surface area (TPSA) is 30.7 Å². The van der Waals surface area contributed by atoms with Gasteiger partial charge in [0.25, 0.3) is 0 Å². The molecule has 15 heavy (non-hydrogen) atoms. The van der Waals surface area contributed by atoms with E-state index in [0.29, 0.717) is 0 Å². The van der Waals surface area contributed by atoms with Gasteiger partial charge >= 0.3 is 0 Å². The van der Waals surface area contributed by atoms with Crippen molar-refractivity contribution in [2.24, 2.45) is 0 Å². The van der Waals surface area contributed by atoms with Gasteiger partial charge in [-0.05, 0) is 12.1 Å². The third-order valence-corrected chi connectivity index (χ3v) is 2.40. The number of hydrogen-bond donors (Lipinski definition) is 0. The average Bonchev–Trinajstić information content (AvgIpc) is 2.82. The van der Waals surface area contributed by atoms with Gasteiger partial charge in [0.2, 0.25) is 0 Å². The van der Waals surface area contributed by atoms with Gasteiger partial charge in [0.1, 0.15) is 0 Å². The second-order valence-corrected chi connectivity index (χ2v) is 3.35. The van der Waals surface area contributed by atoms with Crippen molar-refractivity contribution in [1.82, 2.24) is 14.8 Å². The zero-order valence-electron chi connectivity index (χ0n) is 8.04. The number of aromatic nitrogens is 3. The van der Waals surface area contributed by atoms with Gasteiger partial charge in [0.15, 0.2) is 5.82 Å². The number of hydrogen-bond acceptors (Lipinski definition) is 2. The molecular formula is C12H9N3. The van der Waals surface area contributed by atoms with Crippen LogP contribution in [0.1, 0.15) is 0 Å². The number of benzene rings is 1. The standard InChI is InChI=1S/C12H9N3/c1-2-6-11-10(5-1)9-13-14-12(11)15-7-3-4-8-15/h1-9H. The van der Waals surface area contributed by atoms with Gasteiger partial charge in [0.05, 0.1) is 6.20 Å². The zero-order valence-corrected chi connectivity index (χ0v) is 8.04. The molecule has 72 valence electrons. The molecule has 0 amide bonds. The van der Waals surface area contributed by atoms with Gasteiger partial charge in [0, 0.05) is 23.2 Å². The molecule has 0 aliphatic heterocycles. The lowest BCUT2D eigenvalue weighted by Crippen LogP contribution is -1.97. The largest absolute Gasteiger partial charge is 0.307 e. The minimum Gasteiger partial charge on any atom is -0.307 e. The van der Waals surface area contributed by atoms with Crippen LogP contribution in [-0.4, -0.2) is 14.8 Å². The average molecular weight is 195 g/mol. The Morgan fingerprint density at radius 2 is 1.73 bits per heavy atom. The number of fused-ring (bicyclic) bond motifs is 1. The van der Waals surface area contributed by atoms with Crippen molar-refractivity contribution in [1.29, 1.82) is 0 Å². The van der Waals surface area contributed by atoms with Crippen molar-refractivity contribution >= 4 is 10.8 Å². The van der Waals surface area contributed by atoms with Crippen molar-refractivity contribution < 1.29 is 0 Å². The Bertz CT molecular complexity index is 579. The van der Waals surface area contributed by atoms with Gasteiger partial charge in [-0.2, -0.15) is 5.10 Å². The van der Waals surface area contributed by atoms with Crippen LogP contribution >= 0.6 is 0 Å². The Kier molecular flexibility index (Phi) is 1.75. The third-order valence-electron chi connectivity index (χ3n) is 2.40. The second-order valence-electron chi connectivity index (χ2n) is 3.35. The Morgan fingerprint density at radius 3 is 2.60 bits per heavy atom. The van der Waals surface area contributed by atoms with Gasteiger partial charge in [-0.3, -0.25) is 0 Å². The Hall–Kier alpha value is -2.16. The highest BCUT2D eigenvalue weighted by molar-refractivity contribution is 5.87. The Balaban J connectivity index is 2.36. The van der Waals surface area contributed by atoms with Crippen molar-refractivity contribution in [2.45, 2.75) is 0 Å². The van der Waals surface area contributed by atoms with Crippen molar-refractivity contribution in [3.05, 3.63) is 55.0 Å².